The molecule has 5 rings (SSSR count). The van der Waals surface area contributed by atoms with Crippen LogP contribution in [0.25, 0.3) is 11.4 Å². The van der Waals surface area contributed by atoms with E-state index in [1.54, 1.807) is 0 Å². The highest BCUT2D eigenvalue weighted by molar-refractivity contribution is 6.33. The average Bonchev–Trinajstić information content (AvgIpc) is 3.52. The van der Waals surface area contributed by atoms with E-state index in [-0.39, 0.29) is 6.03 Å². The van der Waals surface area contributed by atoms with Crippen molar-refractivity contribution in [2.75, 3.05) is 36.4 Å². The number of hydrogen-bond donors (Lipinski definition) is 1. The van der Waals surface area contributed by atoms with E-state index in [2.05, 4.69) is 32.5 Å². The first kappa shape index (κ1) is 19.9. The van der Waals surface area contributed by atoms with Crippen molar-refractivity contribution in [2.45, 2.75) is 25.7 Å². The molecule has 1 saturated carbocycles. The maximum atomic E-state index is 12.6. The summed E-state index contributed by atoms with van der Waals surface area (Å²) >= 11 is 6.24. The molecule has 1 saturated heterocycles. The summed E-state index contributed by atoms with van der Waals surface area (Å²) in [7, 11) is 0. The van der Waals surface area contributed by atoms with E-state index >= 15 is 0 Å². The first-order valence-corrected chi connectivity index (χ1v) is 11.0. The Hall–Kier alpha value is -3.06. The molecule has 1 aromatic heterocycles. The molecule has 2 fully saturated rings. The van der Waals surface area contributed by atoms with E-state index in [0.717, 1.165) is 48.6 Å². The summed E-state index contributed by atoms with van der Waals surface area (Å²) in [4.78, 5) is 21.2. The molecule has 2 aliphatic rings. The molecular weight excluding hydrogens is 414 g/mol. The number of nitrogens with zero attached hydrogens (tertiary/aromatic N) is 4. The lowest BCUT2D eigenvalue weighted by molar-refractivity contribution is 0.208. The van der Waals surface area contributed by atoms with E-state index in [4.69, 9.17) is 16.1 Å². The molecule has 0 atom stereocenters. The van der Waals surface area contributed by atoms with Crippen molar-refractivity contribution >= 4 is 29.0 Å². The minimum atomic E-state index is -0.121. The maximum Gasteiger partial charge on any atom is 0.322 e. The number of benzene rings is 2. The molecule has 0 radical (unpaired) electrons. The predicted octanol–water partition coefficient (Wildman–Crippen LogP) is 4.93. The molecule has 31 heavy (non-hydrogen) atoms. The van der Waals surface area contributed by atoms with Gasteiger partial charge in [0.25, 0.3) is 0 Å². The number of aryl methyl sites for hydroxylation is 1. The van der Waals surface area contributed by atoms with Crippen LogP contribution in [-0.2, 0) is 0 Å². The highest BCUT2D eigenvalue weighted by Gasteiger charge is 2.29. The van der Waals surface area contributed by atoms with Gasteiger partial charge < -0.3 is 19.6 Å². The van der Waals surface area contributed by atoms with Gasteiger partial charge in [0.05, 0.1) is 10.7 Å². The topological polar surface area (TPSA) is 74.5 Å². The summed E-state index contributed by atoms with van der Waals surface area (Å²) < 4.78 is 5.36. The van der Waals surface area contributed by atoms with Gasteiger partial charge in [0.2, 0.25) is 11.7 Å². The Morgan fingerprint density at radius 3 is 2.52 bits per heavy atom. The highest BCUT2D eigenvalue weighted by Crippen LogP contribution is 2.39. The Morgan fingerprint density at radius 2 is 1.84 bits per heavy atom. The van der Waals surface area contributed by atoms with Crippen LogP contribution in [0.5, 0.6) is 0 Å². The van der Waals surface area contributed by atoms with Crippen LogP contribution in [0.3, 0.4) is 0 Å². The number of rotatable bonds is 4. The van der Waals surface area contributed by atoms with E-state index in [0.29, 0.717) is 35.5 Å². The van der Waals surface area contributed by atoms with E-state index < -0.39 is 0 Å². The molecule has 0 spiro atoms. The van der Waals surface area contributed by atoms with Gasteiger partial charge in [0, 0.05) is 43.3 Å². The number of hydrogen-bond acceptors (Lipinski definition) is 5. The Morgan fingerprint density at radius 1 is 1.10 bits per heavy atom. The first-order chi connectivity index (χ1) is 15.1. The second kappa shape index (κ2) is 8.23. The third-order valence-corrected chi connectivity index (χ3v) is 6.10. The SMILES string of the molecule is Cc1ccc(NC(=O)N2CCN(c3ccc(-c4noc(C5CC5)n4)cc3)CC2)c(Cl)c1. The zero-order chi connectivity index (χ0) is 21.4. The van der Waals surface area contributed by atoms with Gasteiger partial charge >= 0.3 is 6.03 Å². The molecule has 1 N–H and O–H groups in total. The number of carbonyl (C=O) groups excluding carboxylic acids is 1. The lowest BCUT2D eigenvalue weighted by atomic mass is 10.1. The number of amides is 2. The Balaban J connectivity index is 1.17. The van der Waals surface area contributed by atoms with Gasteiger partial charge in [0.1, 0.15) is 0 Å². The number of anilines is 2. The first-order valence-electron chi connectivity index (χ1n) is 10.6. The van der Waals surface area contributed by atoms with Gasteiger partial charge in [-0.05, 0) is 61.7 Å². The van der Waals surface area contributed by atoms with Gasteiger partial charge in [-0.25, -0.2) is 4.79 Å². The number of halogens is 1. The fraction of sp³-hybridized carbons (Fsp3) is 0.348. The molecule has 1 aliphatic carbocycles. The van der Waals surface area contributed by atoms with Crippen LogP contribution in [0.4, 0.5) is 16.2 Å². The average molecular weight is 438 g/mol. The van der Waals surface area contributed by atoms with Crippen molar-refractivity contribution in [3.05, 3.63) is 58.9 Å². The molecule has 160 valence electrons. The van der Waals surface area contributed by atoms with Crippen molar-refractivity contribution in [1.29, 1.82) is 0 Å². The van der Waals surface area contributed by atoms with Crippen LogP contribution in [0.15, 0.2) is 47.0 Å². The van der Waals surface area contributed by atoms with Crippen LogP contribution < -0.4 is 10.2 Å². The van der Waals surface area contributed by atoms with Crippen molar-refractivity contribution < 1.29 is 9.32 Å². The smallest absolute Gasteiger partial charge is 0.322 e. The minimum Gasteiger partial charge on any atom is -0.368 e. The molecule has 2 amide bonds. The summed E-state index contributed by atoms with van der Waals surface area (Å²) in [5.74, 6) is 1.85. The normalized spacial score (nSPS) is 16.5. The largest absolute Gasteiger partial charge is 0.368 e. The van der Waals surface area contributed by atoms with E-state index in [1.807, 2.05) is 42.2 Å². The zero-order valence-electron chi connectivity index (χ0n) is 17.3. The Bertz CT molecular complexity index is 1090. The number of nitrogens with one attached hydrogen (secondary N) is 1. The number of piperazine rings is 1. The second-order valence-corrected chi connectivity index (χ2v) is 8.57. The third kappa shape index (κ3) is 4.37. The molecular formula is C23H24ClN5O2. The Kier molecular flexibility index (Phi) is 5.28. The maximum absolute atomic E-state index is 12.6. The van der Waals surface area contributed by atoms with Gasteiger partial charge in [-0.15, -0.1) is 0 Å². The third-order valence-electron chi connectivity index (χ3n) is 5.79. The summed E-state index contributed by atoms with van der Waals surface area (Å²) in [6.45, 7) is 4.79. The summed E-state index contributed by atoms with van der Waals surface area (Å²) in [5.41, 5.74) is 3.77. The predicted molar refractivity (Wildman–Crippen MR) is 121 cm³/mol. The fourth-order valence-corrected chi connectivity index (χ4v) is 4.04. The van der Waals surface area contributed by atoms with Crippen molar-refractivity contribution in [3.8, 4) is 11.4 Å². The monoisotopic (exact) mass is 437 g/mol. The minimum absolute atomic E-state index is 0.121. The number of aromatic nitrogens is 2. The van der Waals surface area contributed by atoms with Crippen LogP contribution >= 0.6 is 11.6 Å². The molecule has 7 nitrogen and oxygen atoms in total. The second-order valence-electron chi connectivity index (χ2n) is 8.16. The highest BCUT2D eigenvalue weighted by atomic mass is 35.5. The molecule has 3 aromatic rings. The molecule has 1 aliphatic heterocycles. The fourth-order valence-electron chi connectivity index (χ4n) is 3.75. The number of urea groups is 1. The summed E-state index contributed by atoms with van der Waals surface area (Å²) in [5, 5.41) is 7.57. The lowest BCUT2D eigenvalue weighted by Gasteiger charge is -2.36. The lowest BCUT2D eigenvalue weighted by Crippen LogP contribution is -2.50. The zero-order valence-corrected chi connectivity index (χ0v) is 18.1. The molecule has 0 unspecified atom stereocenters. The van der Waals surface area contributed by atoms with Crippen LogP contribution in [0.1, 0.15) is 30.2 Å². The van der Waals surface area contributed by atoms with Gasteiger partial charge in [0.15, 0.2) is 0 Å². The molecule has 8 heteroatoms. The van der Waals surface area contributed by atoms with Crippen molar-refractivity contribution in [1.82, 2.24) is 15.0 Å². The summed E-state index contributed by atoms with van der Waals surface area (Å²) in [6.07, 6.45) is 2.28. The molecule has 2 heterocycles. The van der Waals surface area contributed by atoms with Gasteiger partial charge in [-0.3, -0.25) is 0 Å². The molecule has 2 aromatic carbocycles. The van der Waals surface area contributed by atoms with Gasteiger partial charge in [-0.2, -0.15) is 4.98 Å². The molecule has 0 bridgehead atoms. The summed E-state index contributed by atoms with van der Waals surface area (Å²) in [6, 6.07) is 13.7. The van der Waals surface area contributed by atoms with Crippen molar-refractivity contribution in [3.63, 3.8) is 0 Å². The van der Waals surface area contributed by atoms with Crippen LogP contribution in [0, 0.1) is 6.92 Å². The number of carbonyl (C=O) groups is 1. The van der Waals surface area contributed by atoms with E-state index in [1.165, 1.54) is 0 Å². The van der Waals surface area contributed by atoms with Crippen LogP contribution in [-0.4, -0.2) is 47.3 Å². The Labute approximate surface area is 186 Å². The quantitative estimate of drug-likeness (QED) is 0.626. The van der Waals surface area contributed by atoms with Crippen LogP contribution in [0.2, 0.25) is 5.02 Å². The van der Waals surface area contributed by atoms with E-state index in [9.17, 15) is 4.79 Å². The standard InChI is InChI=1S/C23H24ClN5O2/c1-15-2-9-20(19(24)14-15)25-23(30)29-12-10-28(11-13-29)18-7-5-16(6-8-18)21-26-22(31-27-21)17-3-4-17/h2,5-9,14,17H,3-4,10-13H2,1H3,(H,25,30). The van der Waals surface area contributed by atoms with Crippen molar-refractivity contribution in [2.24, 2.45) is 0 Å². The van der Waals surface area contributed by atoms with Gasteiger partial charge in [-0.1, -0.05) is 22.8 Å².